The fraction of sp³-hybridized carbons (Fsp3) is 0.133. The lowest BCUT2D eigenvalue weighted by Gasteiger charge is -2.04. The van der Waals surface area contributed by atoms with Crippen LogP contribution in [-0.2, 0) is 11.2 Å². The summed E-state index contributed by atoms with van der Waals surface area (Å²) in [5.41, 5.74) is 1.82. The number of halogens is 1. The molecule has 0 radical (unpaired) electrons. The molecule has 2 heterocycles. The van der Waals surface area contributed by atoms with Gasteiger partial charge in [0.15, 0.2) is 5.65 Å². The summed E-state index contributed by atoms with van der Waals surface area (Å²) in [7, 11) is 1.34. The van der Waals surface area contributed by atoms with Crippen LogP contribution in [0.1, 0.15) is 21.7 Å². The third-order valence-electron chi connectivity index (χ3n) is 3.22. The number of hydrogen-bond donors (Lipinski definition) is 0. The number of hydrogen-bond acceptors (Lipinski definition) is 4. The number of benzene rings is 1. The van der Waals surface area contributed by atoms with Gasteiger partial charge in [-0.05, 0) is 23.8 Å². The zero-order valence-electron chi connectivity index (χ0n) is 11.3. The Morgan fingerprint density at radius 3 is 2.81 bits per heavy atom. The van der Waals surface area contributed by atoms with Crippen LogP contribution in [0.3, 0.4) is 0 Å². The van der Waals surface area contributed by atoms with E-state index in [1.807, 2.05) is 30.5 Å². The van der Waals surface area contributed by atoms with Crippen molar-refractivity contribution in [2.75, 3.05) is 7.11 Å². The average Bonchev–Trinajstić information content (AvgIpc) is 2.92. The van der Waals surface area contributed by atoms with Crippen molar-refractivity contribution in [2.24, 2.45) is 0 Å². The fourth-order valence-corrected chi connectivity index (χ4v) is 2.37. The van der Waals surface area contributed by atoms with Crippen LogP contribution >= 0.6 is 11.6 Å². The van der Waals surface area contributed by atoms with E-state index in [-0.39, 0.29) is 0 Å². The van der Waals surface area contributed by atoms with Crippen molar-refractivity contribution in [3.05, 3.63) is 64.6 Å². The summed E-state index contributed by atoms with van der Waals surface area (Å²) < 4.78 is 6.52. The van der Waals surface area contributed by atoms with Gasteiger partial charge in [-0.25, -0.2) is 4.79 Å². The van der Waals surface area contributed by atoms with Gasteiger partial charge in [-0.1, -0.05) is 29.8 Å². The molecule has 0 atom stereocenters. The van der Waals surface area contributed by atoms with Crippen LogP contribution in [0.15, 0.2) is 42.6 Å². The Kier molecular flexibility index (Phi) is 3.58. The summed E-state index contributed by atoms with van der Waals surface area (Å²) >= 11 is 6.16. The van der Waals surface area contributed by atoms with Gasteiger partial charge < -0.3 is 4.74 Å². The zero-order valence-corrected chi connectivity index (χ0v) is 12.0. The monoisotopic (exact) mass is 301 g/mol. The molecule has 3 aromatic rings. The van der Waals surface area contributed by atoms with Gasteiger partial charge in [0, 0.05) is 17.6 Å². The van der Waals surface area contributed by atoms with Crippen molar-refractivity contribution in [3.8, 4) is 0 Å². The van der Waals surface area contributed by atoms with E-state index in [0.717, 1.165) is 5.56 Å². The summed E-state index contributed by atoms with van der Waals surface area (Å²) in [4.78, 5) is 11.7. The molecule has 0 aliphatic rings. The van der Waals surface area contributed by atoms with Gasteiger partial charge in [0.1, 0.15) is 11.4 Å². The van der Waals surface area contributed by atoms with Crippen molar-refractivity contribution in [3.63, 3.8) is 0 Å². The Labute approximate surface area is 126 Å². The van der Waals surface area contributed by atoms with Gasteiger partial charge in [-0.2, -0.15) is 0 Å². The predicted octanol–water partition coefficient (Wildman–Crippen LogP) is 2.76. The van der Waals surface area contributed by atoms with Gasteiger partial charge in [-0.3, -0.25) is 4.40 Å². The van der Waals surface area contributed by atoms with E-state index in [1.54, 1.807) is 16.5 Å². The summed E-state index contributed by atoms with van der Waals surface area (Å²) in [6.45, 7) is 0. The maximum Gasteiger partial charge on any atom is 0.341 e. The van der Waals surface area contributed by atoms with E-state index < -0.39 is 5.97 Å². The molecule has 0 amide bonds. The minimum absolute atomic E-state index is 0.387. The molecule has 3 rings (SSSR count). The van der Waals surface area contributed by atoms with Crippen LogP contribution in [-0.4, -0.2) is 27.7 Å². The second kappa shape index (κ2) is 5.54. The molecule has 5 nitrogen and oxygen atoms in total. The number of nitrogens with zero attached hydrogens (tertiary/aromatic N) is 3. The number of aromatic nitrogens is 3. The molecular weight excluding hydrogens is 290 g/mol. The topological polar surface area (TPSA) is 56.5 Å². The second-order valence-electron chi connectivity index (χ2n) is 4.49. The molecule has 0 N–H and O–H groups in total. The molecule has 0 saturated heterocycles. The lowest BCUT2D eigenvalue weighted by Crippen LogP contribution is -2.05. The standard InChI is InChI=1S/C15H12ClN3O2/c1-21-15(20)11-6-4-8-19-13(17-18-14(11)19)9-10-5-2-3-7-12(10)16/h2-8H,9H2,1H3. The van der Waals surface area contributed by atoms with Crippen LogP contribution in [0.4, 0.5) is 0 Å². The Morgan fingerprint density at radius 1 is 1.24 bits per heavy atom. The smallest absolute Gasteiger partial charge is 0.341 e. The maximum atomic E-state index is 11.7. The van der Waals surface area contributed by atoms with Gasteiger partial charge in [0.2, 0.25) is 0 Å². The van der Waals surface area contributed by atoms with Gasteiger partial charge >= 0.3 is 5.97 Å². The van der Waals surface area contributed by atoms with E-state index in [0.29, 0.717) is 28.5 Å². The summed E-state index contributed by atoms with van der Waals surface area (Å²) in [6, 6.07) is 11.0. The van der Waals surface area contributed by atoms with E-state index in [2.05, 4.69) is 10.2 Å². The van der Waals surface area contributed by atoms with Crippen LogP contribution in [0.25, 0.3) is 5.65 Å². The number of methoxy groups -OCH3 is 1. The average molecular weight is 302 g/mol. The molecular formula is C15H12ClN3O2. The highest BCUT2D eigenvalue weighted by molar-refractivity contribution is 6.31. The number of esters is 1. The van der Waals surface area contributed by atoms with Crippen LogP contribution in [0.5, 0.6) is 0 Å². The molecule has 0 bridgehead atoms. The minimum atomic E-state index is -0.433. The Balaban J connectivity index is 2.05. The van der Waals surface area contributed by atoms with Crippen molar-refractivity contribution in [1.82, 2.24) is 14.6 Å². The first-order valence-corrected chi connectivity index (χ1v) is 6.73. The fourth-order valence-electron chi connectivity index (χ4n) is 2.17. The highest BCUT2D eigenvalue weighted by Crippen LogP contribution is 2.19. The van der Waals surface area contributed by atoms with Crippen LogP contribution < -0.4 is 0 Å². The van der Waals surface area contributed by atoms with Crippen molar-refractivity contribution >= 4 is 23.2 Å². The summed E-state index contributed by atoms with van der Waals surface area (Å²) in [6.07, 6.45) is 2.35. The SMILES string of the molecule is COC(=O)c1cccn2c(Cc3ccccc3Cl)nnc12. The molecule has 2 aromatic heterocycles. The van der Waals surface area contributed by atoms with E-state index >= 15 is 0 Å². The predicted molar refractivity (Wildman–Crippen MR) is 78.6 cm³/mol. The van der Waals surface area contributed by atoms with Crippen LogP contribution in [0, 0.1) is 0 Å². The maximum absolute atomic E-state index is 11.7. The first-order valence-electron chi connectivity index (χ1n) is 6.35. The zero-order chi connectivity index (χ0) is 14.8. The Hall–Kier alpha value is -2.40. The third kappa shape index (κ3) is 2.48. The molecule has 0 aliphatic carbocycles. The quantitative estimate of drug-likeness (QED) is 0.698. The normalized spacial score (nSPS) is 10.8. The highest BCUT2D eigenvalue weighted by Gasteiger charge is 2.15. The first kappa shape index (κ1) is 13.6. The summed E-state index contributed by atoms with van der Waals surface area (Å²) in [5.74, 6) is 0.279. The van der Waals surface area contributed by atoms with Crippen LogP contribution in [0.2, 0.25) is 5.02 Å². The largest absolute Gasteiger partial charge is 0.465 e. The van der Waals surface area contributed by atoms with Crippen molar-refractivity contribution < 1.29 is 9.53 Å². The Bertz CT molecular complexity index is 814. The molecule has 106 valence electrons. The molecule has 0 spiro atoms. The molecule has 0 unspecified atom stereocenters. The van der Waals surface area contributed by atoms with E-state index in [9.17, 15) is 4.79 Å². The van der Waals surface area contributed by atoms with E-state index in [1.165, 1.54) is 7.11 Å². The minimum Gasteiger partial charge on any atom is -0.465 e. The molecule has 6 heteroatoms. The number of pyridine rings is 1. The number of carbonyl (C=O) groups is 1. The number of ether oxygens (including phenoxy) is 1. The highest BCUT2D eigenvalue weighted by atomic mass is 35.5. The van der Waals surface area contributed by atoms with Crippen molar-refractivity contribution in [2.45, 2.75) is 6.42 Å². The van der Waals surface area contributed by atoms with E-state index in [4.69, 9.17) is 16.3 Å². The van der Waals surface area contributed by atoms with Gasteiger partial charge in [0.05, 0.1) is 7.11 Å². The Morgan fingerprint density at radius 2 is 2.05 bits per heavy atom. The number of carbonyl (C=O) groups excluding carboxylic acids is 1. The second-order valence-corrected chi connectivity index (χ2v) is 4.90. The lowest BCUT2D eigenvalue weighted by atomic mass is 10.1. The third-order valence-corrected chi connectivity index (χ3v) is 3.59. The molecule has 0 aliphatic heterocycles. The summed E-state index contributed by atoms with van der Waals surface area (Å²) in [5, 5.41) is 8.92. The number of fused-ring (bicyclic) bond motifs is 1. The molecule has 21 heavy (non-hydrogen) atoms. The molecule has 1 aromatic carbocycles. The van der Waals surface area contributed by atoms with Gasteiger partial charge in [0.25, 0.3) is 0 Å². The lowest BCUT2D eigenvalue weighted by molar-refractivity contribution is 0.0602. The van der Waals surface area contributed by atoms with Crippen molar-refractivity contribution in [1.29, 1.82) is 0 Å². The number of rotatable bonds is 3. The molecule has 0 saturated carbocycles. The van der Waals surface area contributed by atoms with Gasteiger partial charge in [-0.15, -0.1) is 10.2 Å². The first-order chi connectivity index (χ1) is 10.2. The molecule has 0 fully saturated rings.